The number of nitrogens with zero attached hydrogens (tertiary/aromatic N) is 2. The lowest BCUT2D eigenvalue weighted by molar-refractivity contribution is -0.138. The van der Waals surface area contributed by atoms with E-state index in [4.69, 9.17) is 5.73 Å². The molecular formula is C21H33N8O7P. The molecule has 204 valence electrons. The summed E-state index contributed by atoms with van der Waals surface area (Å²) in [6.07, 6.45) is 5.06. The minimum absolute atomic E-state index is 0.0283. The Labute approximate surface area is 214 Å². The van der Waals surface area contributed by atoms with Gasteiger partial charge in [-0.2, -0.15) is 0 Å². The van der Waals surface area contributed by atoms with Crippen LogP contribution in [0.15, 0.2) is 24.3 Å². The molecule has 16 heteroatoms. The summed E-state index contributed by atoms with van der Waals surface area (Å²) in [4.78, 5) is 71.9. The van der Waals surface area contributed by atoms with E-state index in [1.807, 2.05) is 0 Å². The maximum Gasteiger partial charge on any atom is 0.279 e. The lowest BCUT2D eigenvalue weighted by Crippen LogP contribution is -2.41. The average Bonchev–Trinajstić information content (AvgIpc) is 3.36. The minimum Gasteiger partial charge on any atom is -0.355 e. The molecule has 2 heterocycles. The normalized spacial score (nSPS) is 16.6. The third kappa shape index (κ3) is 10.3. The number of nitrogens with two attached hydrogens (primary N) is 1. The van der Waals surface area contributed by atoms with E-state index in [2.05, 4.69) is 25.9 Å². The second-order valence-electron chi connectivity index (χ2n) is 8.00. The van der Waals surface area contributed by atoms with Crippen LogP contribution in [0.25, 0.3) is 0 Å². The summed E-state index contributed by atoms with van der Waals surface area (Å²) >= 11 is 0. The number of carbonyl (C=O) groups excluding carboxylic acids is 6. The molecule has 0 spiro atoms. The zero-order chi connectivity index (χ0) is 27.3. The Morgan fingerprint density at radius 2 is 1.11 bits per heavy atom. The van der Waals surface area contributed by atoms with Crippen molar-refractivity contribution in [2.75, 3.05) is 52.4 Å². The van der Waals surface area contributed by atoms with Crippen LogP contribution >= 0.6 is 7.59 Å². The molecule has 15 nitrogen and oxygen atoms in total. The number of rotatable bonds is 18. The van der Waals surface area contributed by atoms with Crippen molar-refractivity contribution in [2.45, 2.75) is 19.3 Å². The summed E-state index contributed by atoms with van der Waals surface area (Å²) in [5.74, 6) is -2.35. The first-order valence-corrected chi connectivity index (χ1v) is 13.5. The van der Waals surface area contributed by atoms with Gasteiger partial charge in [0, 0.05) is 89.5 Å². The fraction of sp³-hybridized carbons (Fsp3) is 0.524. The first-order chi connectivity index (χ1) is 17.6. The average molecular weight is 541 g/mol. The minimum atomic E-state index is -3.28. The van der Waals surface area contributed by atoms with Crippen LogP contribution in [0.4, 0.5) is 0 Å². The van der Waals surface area contributed by atoms with E-state index < -0.39 is 31.2 Å². The predicted octanol–water partition coefficient (Wildman–Crippen LogP) is -2.93. The molecule has 0 aliphatic carbocycles. The Hall–Kier alpha value is -3.23. The molecule has 37 heavy (non-hydrogen) atoms. The topological polar surface area (TPSA) is 212 Å². The molecule has 2 rings (SSSR count). The van der Waals surface area contributed by atoms with Gasteiger partial charge in [-0.1, -0.05) is 0 Å². The van der Waals surface area contributed by atoms with Crippen LogP contribution in [-0.4, -0.2) is 97.6 Å². The Bertz CT molecular complexity index is 963. The molecule has 1 unspecified atom stereocenters. The van der Waals surface area contributed by atoms with Crippen LogP contribution in [0, 0.1) is 0 Å². The number of hydrogen-bond acceptors (Lipinski definition) is 8. The summed E-state index contributed by atoms with van der Waals surface area (Å²) in [6, 6.07) is 0. The summed E-state index contributed by atoms with van der Waals surface area (Å²) in [6.45, 7) is 1.25. The monoisotopic (exact) mass is 540 g/mol. The van der Waals surface area contributed by atoms with Gasteiger partial charge in [-0.25, -0.2) is 15.3 Å². The number of hydrogen-bond donors (Lipinski definition) is 6. The van der Waals surface area contributed by atoms with Crippen molar-refractivity contribution in [3.05, 3.63) is 24.3 Å². The summed E-state index contributed by atoms with van der Waals surface area (Å²) in [5.41, 5.74) is 5.48. The molecule has 0 aromatic heterocycles. The van der Waals surface area contributed by atoms with E-state index in [0.29, 0.717) is 6.42 Å². The molecular weight excluding hydrogens is 507 g/mol. The molecule has 6 amide bonds. The molecule has 0 radical (unpaired) electrons. The van der Waals surface area contributed by atoms with E-state index >= 15 is 0 Å². The van der Waals surface area contributed by atoms with E-state index in [0.717, 1.165) is 22.0 Å². The summed E-state index contributed by atoms with van der Waals surface area (Å²) < 4.78 is 13.0. The van der Waals surface area contributed by atoms with Gasteiger partial charge in [0.1, 0.15) is 0 Å². The van der Waals surface area contributed by atoms with Gasteiger partial charge in [-0.05, 0) is 6.42 Å². The van der Waals surface area contributed by atoms with Gasteiger partial charge in [-0.3, -0.25) is 43.1 Å². The van der Waals surface area contributed by atoms with Crippen molar-refractivity contribution in [1.29, 1.82) is 0 Å². The molecule has 0 aromatic rings. The third-order valence-electron chi connectivity index (χ3n) is 5.19. The van der Waals surface area contributed by atoms with Gasteiger partial charge in [0.15, 0.2) is 0 Å². The zero-order valence-electron chi connectivity index (χ0n) is 20.4. The van der Waals surface area contributed by atoms with E-state index in [1.165, 1.54) is 12.2 Å². The second-order valence-corrected chi connectivity index (χ2v) is 10.2. The van der Waals surface area contributed by atoms with Crippen LogP contribution in [0.1, 0.15) is 19.3 Å². The smallest absolute Gasteiger partial charge is 0.279 e. The molecule has 0 fully saturated rings. The van der Waals surface area contributed by atoms with Crippen molar-refractivity contribution < 1.29 is 33.3 Å². The van der Waals surface area contributed by atoms with Crippen molar-refractivity contribution >= 4 is 43.0 Å². The predicted molar refractivity (Wildman–Crippen MR) is 132 cm³/mol. The molecule has 1 atom stereocenters. The van der Waals surface area contributed by atoms with Crippen LogP contribution < -0.4 is 31.6 Å². The van der Waals surface area contributed by atoms with E-state index in [1.54, 1.807) is 0 Å². The first-order valence-electron chi connectivity index (χ1n) is 11.8. The quantitative estimate of drug-likeness (QED) is 0.0588. The van der Waals surface area contributed by atoms with E-state index in [9.17, 15) is 33.3 Å². The molecule has 0 saturated carbocycles. The van der Waals surface area contributed by atoms with Crippen LogP contribution in [0.2, 0.25) is 0 Å². The maximum absolute atomic E-state index is 13.0. The van der Waals surface area contributed by atoms with Crippen molar-refractivity contribution in [1.82, 2.24) is 35.7 Å². The van der Waals surface area contributed by atoms with Gasteiger partial charge in [-0.15, -0.1) is 0 Å². The lowest BCUT2D eigenvalue weighted by Gasteiger charge is -2.22. The first kappa shape index (κ1) is 30.0. The highest BCUT2D eigenvalue weighted by Gasteiger charge is 2.24. The third-order valence-corrected chi connectivity index (χ3v) is 7.20. The van der Waals surface area contributed by atoms with Gasteiger partial charge in [0.2, 0.25) is 11.8 Å². The second kappa shape index (κ2) is 15.1. The largest absolute Gasteiger partial charge is 0.355 e. The standard InChI is InChI=1S/C21H33N8O7P/c22-8-9-25-37(36,27-13-11-24-17(31)7-15-29-20(34)5-6-21(29)35)26-12-10-23-16(30)2-1-14-28-18(32)3-4-19(28)33/h3-6H,1-2,7-15,22H2,(H,23,30)(H,24,31)(H3,25,26,27,36). The molecule has 2 aliphatic heterocycles. The fourth-order valence-electron chi connectivity index (χ4n) is 3.31. The summed E-state index contributed by atoms with van der Waals surface area (Å²) in [7, 11) is -3.28. The van der Waals surface area contributed by atoms with Gasteiger partial charge in [0.25, 0.3) is 31.2 Å². The van der Waals surface area contributed by atoms with Gasteiger partial charge >= 0.3 is 0 Å². The molecule has 2 aliphatic rings. The molecule has 0 saturated heterocycles. The highest BCUT2D eigenvalue weighted by Crippen LogP contribution is 2.28. The number of imide groups is 2. The van der Waals surface area contributed by atoms with Crippen molar-refractivity contribution in [3.8, 4) is 0 Å². The lowest BCUT2D eigenvalue weighted by atomic mass is 10.3. The number of amides is 6. The SMILES string of the molecule is NCCNP(=O)(NCCNC(=O)CCCN1C(=O)C=CC1=O)NCCNC(=O)CCN1C(=O)C=CC1=O. The fourth-order valence-corrected chi connectivity index (χ4v) is 4.94. The van der Waals surface area contributed by atoms with Crippen molar-refractivity contribution in [2.24, 2.45) is 5.73 Å². The van der Waals surface area contributed by atoms with Crippen LogP contribution in [0.3, 0.4) is 0 Å². The molecule has 0 aromatic carbocycles. The number of nitrogens with one attached hydrogen (secondary N) is 5. The highest BCUT2D eigenvalue weighted by molar-refractivity contribution is 7.57. The Morgan fingerprint density at radius 3 is 1.59 bits per heavy atom. The Balaban J connectivity index is 1.61. The molecule has 0 bridgehead atoms. The van der Waals surface area contributed by atoms with Gasteiger partial charge < -0.3 is 16.4 Å². The Morgan fingerprint density at radius 1 is 0.676 bits per heavy atom. The van der Waals surface area contributed by atoms with Gasteiger partial charge in [0.05, 0.1) is 0 Å². The van der Waals surface area contributed by atoms with E-state index in [-0.39, 0.29) is 77.0 Å². The van der Waals surface area contributed by atoms with Crippen molar-refractivity contribution in [3.63, 3.8) is 0 Å². The summed E-state index contributed by atoms with van der Waals surface area (Å²) in [5, 5.41) is 13.7. The Kier molecular flexibility index (Phi) is 12.3. The zero-order valence-corrected chi connectivity index (χ0v) is 21.3. The highest BCUT2D eigenvalue weighted by atomic mass is 31.2. The number of carbonyl (C=O) groups is 6. The maximum atomic E-state index is 13.0. The van der Waals surface area contributed by atoms with Crippen LogP contribution in [0.5, 0.6) is 0 Å². The van der Waals surface area contributed by atoms with Crippen LogP contribution in [-0.2, 0) is 33.3 Å². The molecule has 7 N–H and O–H groups in total.